The van der Waals surface area contributed by atoms with E-state index in [2.05, 4.69) is 25.4 Å². The van der Waals surface area contributed by atoms with Gasteiger partial charge in [0.1, 0.15) is 0 Å². The summed E-state index contributed by atoms with van der Waals surface area (Å²) in [6.07, 6.45) is 0.350. The van der Waals surface area contributed by atoms with Crippen LogP contribution < -0.4 is 4.90 Å². The third kappa shape index (κ3) is 6.60. The highest BCUT2D eigenvalue weighted by Gasteiger charge is 2.27. The summed E-state index contributed by atoms with van der Waals surface area (Å²) >= 11 is 0.496. The molecule has 0 N–H and O–H groups in total. The highest BCUT2D eigenvalue weighted by molar-refractivity contribution is 8.01. The average Bonchev–Trinajstić information content (AvgIpc) is 2.86. The number of nitrogens with zero attached hydrogens (tertiary/aromatic N) is 7. The van der Waals surface area contributed by atoms with E-state index in [0.29, 0.717) is 37.1 Å². The van der Waals surface area contributed by atoms with Gasteiger partial charge in [-0.3, -0.25) is 20.2 Å². The van der Waals surface area contributed by atoms with Crippen LogP contribution in [-0.2, 0) is 6.54 Å². The van der Waals surface area contributed by atoms with E-state index in [1.54, 1.807) is 24.3 Å². The van der Waals surface area contributed by atoms with Gasteiger partial charge in [-0.2, -0.15) is 10.4 Å². The second-order valence-electron chi connectivity index (χ2n) is 7.04. The maximum atomic E-state index is 11.4. The number of nitriles is 1. The Labute approximate surface area is 204 Å². The van der Waals surface area contributed by atoms with Crippen molar-refractivity contribution in [1.29, 1.82) is 5.26 Å². The molecule has 3 rings (SSSR count). The van der Waals surface area contributed by atoms with Gasteiger partial charge < -0.3 is 4.90 Å². The zero-order valence-electron chi connectivity index (χ0n) is 18.1. The summed E-state index contributed by atoms with van der Waals surface area (Å²) in [5, 5.41) is 39.6. The molecule has 12 heteroatoms. The smallest absolute Gasteiger partial charge is 0.303 e. The lowest BCUT2D eigenvalue weighted by Crippen LogP contribution is -2.23. The number of benzene rings is 3. The lowest BCUT2D eigenvalue weighted by Gasteiger charge is -2.24. The van der Waals surface area contributed by atoms with Crippen molar-refractivity contribution >= 4 is 40.4 Å². The fraction of sp³-hybridized carbons (Fsp3) is 0.130. The predicted octanol–water partition coefficient (Wildman–Crippen LogP) is 6.77. The van der Waals surface area contributed by atoms with Crippen LogP contribution in [0.4, 0.5) is 28.4 Å². The Balaban J connectivity index is 1.87. The van der Waals surface area contributed by atoms with Crippen LogP contribution in [0.25, 0.3) is 4.25 Å². The second-order valence-corrected chi connectivity index (χ2v) is 7.84. The van der Waals surface area contributed by atoms with Crippen LogP contribution in [-0.4, -0.2) is 16.4 Å². The molecule has 0 amide bonds. The fourth-order valence-corrected chi connectivity index (χ4v) is 3.66. The van der Waals surface area contributed by atoms with Crippen molar-refractivity contribution in [2.45, 2.75) is 17.9 Å². The maximum Gasteiger partial charge on any atom is 0.303 e. The molecule has 3 aromatic carbocycles. The molecule has 0 aliphatic heterocycles. The summed E-state index contributed by atoms with van der Waals surface area (Å²) in [5.41, 5.74) is 1.03. The number of hydrogen-bond donors (Lipinski definition) is 0. The van der Waals surface area contributed by atoms with Crippen LogP contribution in [0.5, 0.6) is 0 Å². The summed E-state index contributed by atoms with van der Waals surface area (Å²) in [6.45, 7) is 8.09. The van der Waals surface area contributed by atoms with E-state index in [-0.39, 0.29) is 10.6 Å². The van der Waals surface area contributed by atoms with E-state index in [9.17, 15) is 20.2 Å². The minimum Gasteiger partial charge on any atom is -0.366 e. The number of nitro benzene ring substituents is 2. The van der Waals surface area contributed by atoms with E-state index in [1.807, 2.05) is 30.3 Å². The standard InChI is InChI=1S/C23H17N7O4S/c1-25-35-23-14-20(21(29(31)32)15-22(23)30(33)34)27-26-18-8-10-19(11-9-18)28(13-5-12-24)16-17-6-3-2-4-7-17/h2-4,6-11,14-15H,5,13,16H2. The molecule has 0 spiro atoms. The number of hydrogen-bond acceptors (Lipinski definition) is 9. The first kappa shape index (κ1) is 24.8. The molecule has 0 aromatic heterocycles. The molecule has 174 valence electrons. The first-order valence-corrected chi connectivity index (χ1v) is 10.9. The van der Waals surface area contributed by atoms with Gasteiger partial charge in [0.05, 0.1) is 34.1 Å². The van der Waals surface area contributed by atoms with Crippen molar-refractivity contribution in [2.24, 2.45) is 10.2 Å². The first-order valence-electron chi connectivity index (χ1n) is 10.1. The topological polar surface area (TPSA) is 142 Å². The van der Waals surface area contributed by atoms with Crippen molar-refractivity contribution in [2.75, 3.05) is 11.4 Å². The summed E-state index contributed by atoms with van der Waals surface area (Å²) in [7, 11) is 0. The number of anilines is 1. The van der Waals surface area contributed by atoms with Gasteiger partial charge in [-0.15, -0.1) is 5.11 Å². The van der Waals surface area contributed by atoms with E-state index >= 15 is 0 Å². The lowest BCUT2D eigenvalue weighted by atomic mass is 10.2. The molecule has 0 saturated carbocycles. The minimum atomic E-state index is -0.784. The molecule has 3 aromatic rings. The van der Waals surface area contributed by atoms with Crippen molar-refractivity contribution in [1.82, 2.24) is 0 Å². The highest BCUT2D eigenvalue weighted by atomic mass is 32.2. The third-order valence-corrected chi connectivity index (χ3v) is 5.41. The van der Waals surface area contributed by atoms with Gasteiger partial charge >= 0.3 is 17.6 Å². The molecular weight excluding hydrogens is 470 g/mol. The van der Waals surface area contributed by atoms with Crippen LogP contribution in [0.2, 0.25) is 0 Å². The van der Waals surface area contributed by atoms with Crippen LogP contribution in [0.3, 0.4) is 0 Å². The van der Waals surface area contributed by atoms with Gasteiger partial charge in [0.25, 0.3) is 5.69 Å². The molecule has 0 heterocycles. The van der Waals surface area contributed by atoms with Crippen molar-refractivity contribution in [3.05, 3.63) is 103 Å². The molecule has 0 aliphatic carbocycles. The predicted molar refractivity (Wildman–Crippen MR) is 131 cm³/mol. The van der Waals surface area contributed by atoms with E-state index in [4.69, 9.17) is 11.8 Å². The monoisotopic (exact) mass is 487 g/mol. The molecule has 0 aliphatic rings. The number of nitro groups is 2. The Morgan fingerprint density at radius 3 is 2.29 bits per heavy atom. The largest absolute Gasteiger partial charge is 0.366 e. The molecule has 0 radical (unpaired) electrons. The van der Waals surface area contributed by atoms with E-state index in [1.165, 1.54) is 0 Å². The zero-order valence-corrected chi connectivity index (χ0v) is 19.0. The number of azo groups is 1. The van der Waals surface area contributed by atoms with Gasteiger partial charge in [0, 0.05) is 24.8 Å². The zero-order chi connectivity index (χ0) is 25.2. The first-order chi connectivity index (χ1) is 16.9. The quantitative estimate of drug-likeness (QED) is 0.101. The van der Waals surface area contributed by atoms with E-state index in [0.717, 1.165) is 23.4 Å². The molecule has 0 atom stereocenters. The van der Waals surface area contributed by atoms with Gasteiger partial charge in [0.2, 0.25) is 0 Å². The van der Waals surface area contributed by atoms with E-state index < -0.39 is 21.2 Å². The Morgan fingerprint density at radius 1 is 1.00 bits per heavy atom. The lowest BCUT2D eigenvalue weighted by molar-refractivity contribution is -0.395. The highest BCUT2D eigenvalue weighted by Crippen LogP contribution is 2.40. The second kappa shape index (κ2) is 11.9. The Hall–Kier alpha value is -4.81. The van der Waals surface area contributed by atoms with Gasteiger partial charge in [-0.25, -0.2) is 10.8 Å². The molecule has 35 heavy (non-hydrogen) atoms. The van der Waals surface area contributed by atoms with Crippen LogP contribution >= 0.6 is 11.9 Å². The minimum absolute atomic E-state index is 0.0612. The van der Waals surface area contributed by atoms with Crippen molar-refractivity contribution < 1.29 is 9.85 Å². The number of rotatable bonds is 10. The van der Waals surface area contributed by atoms with Crippen molar-refractivity contribution in [3.8, 4) is 6.07 Å². The van der Waals surface area contributed by atoms with Crippen LogP contribution in [0.15, 0.2) is 81.9 Å². The van der Waals surface area contributed by atoms with Crippen LogP contribution in [0.1, 0.15) is 12.0 Å². The third-order valence-electron chi connectivity index (χ3n) is 4.79. The molecule has 11 nitrogen and oxygen atoms in total. The van der Waals surface area contributed by atoms with Crippen molar-refractivity contribution in [3.63, 3.8) is 0 Å². The summed E-state index contributed by atoms with van der Waals surface area (Å²) in [4.78, 5) is 23.1. The summed E-state index contributed by atoms with van der Waals surface area (Å²) in [5.74, 6) is 0. The summed E-state index contributed by atoms with van der Waals surface area (Å²) < 4.78 is 3.06. The van der Waals surface area contributed by atoms with Gasteiger partial charge in [-0.05, 0) is 29.8 Å². The molecule has 0 fully saturated rings. The Kier molecular flexibility index (Phi) is 8.43. The average molecular weight is 488 g/mol. The Bertz CT molecular complexity index is 1330. The summed E-state index contributed by atoms with van der Waals surface area (Å²) in [6, 6.07) is 20.8. The molecule has 0 unspecified atom stereocenters. The molecule has 0 saturated heterocycles. The Morgan fingerprint density at radius 2 is 1.69 bits per heavy atom. The molecular formula is C23H17N7O4S. The molecule has 0 bridgehead atoms. The maximum absolute atomic E-state index is 11.4. The van der Waals surface area contributed by atoms with Gasteiger partial charge in [-0.1, -0.05) is 30.3 Å². The SMILES string of the molecule is [C-]#[N+]Sc1cc(N=Nc2ccc(N(CCC#N)Cc3ccccc3)cc2)c([N+](=O)[O-])cc1[N+](=O)[O-]. The normalized spacial score (nSPS) is 10.5. The fourth-order valence-electron chi connectivity index (χ4n) is 3.17. The van der Waals surface area contributed by atoms with Gasteiger partial charge in [0.15, 0.2) is 10.6 Å². The van der Waals surface area contributed by atoms with Crippen LogP contribution in [0, 0.1) is 38.1 Å².